The highest BCUT2D eigenvalue weighted by molar-refractivity contribution is 5.69. The molecule has 2 heterocycles. The third kappa shape index (κ3) is 2.92. The number of carbonyl (C=O) groups excluding carboxylic acids is 1. The van der Waals surface area contributed by atoms with Gasteiger partial charge >= 0.3 is 6.09 Å². The van der Waals surface area contributed by atoms with Crippen LogP contribution in [0.5, 0.6) is 0 Å². The summed E-state index contributed by atoms with van der Waals surface area (Å²) in [6.07, 6.45) is -2.09. The van der Waals surface area contributed by atoms with Gasteiger partial charge in [0, 0.05) is 5.56 Å². The first-order valence-corrected chi connectivity index (χ1v) is 6.89. The smallest absolute Gasteiger partial charge is 0.411 e. The van der Waals surface area contributed by atoms with E-state index in [1.165, 1.54) is 13.4 Å². The van der Waals surface area contributed by atoms with Crippen LogP contribution in [0.1, 0.15) is 11.9 Å². The van der Waals surface area contributed by atoms with Crippen LogP contribution in [0.4, 0.5) is 4.79 Å². The Labute approximate surface area is 127 Å². The molecule has 4 atom stereocenters. The van der Waals surface area contributed by atoms with Gasteiger partial charge in [-0.1, -0.05) is 30.3 Å². The minimum absolute atomic E-state index is 0.196. The van der Waals surface area contributed by atoms with Gasteiger partial charge in [-0.05, 0) is 0 Å². The maximum atomic E-state index is 11.3. The molecule has 2 aliphatic heterocycles. The summed E-state index contributed by atoms with van der Waals surface area (Å²) in [5, 5.41) is 12.8. The number of nitrogens with one attached hydrogen (secondary N) is 1. The fourth-order valence-corrected chi connectivity index (χ4v) is 2.41. The Kier molecular flexibility index (Phi) is 4.28. The van der Waals surface area contributed by atoms with E-state index >= 15 is 0 Å². The molecule has 7 nitrogen and oxygen atoms in total. The molecule has 0 radical (unpaired) electrons. The Balaban J connectivity index is 1.72. The minimum Gasteiger partial charge on any atom is -0.491 e. The molecule has 0 unspecified atom stereocenters. The molecule has 0 aliphatic carbocycles. The van der Waals surface area contributed by atoms with Gasteiger partial charge in [-0.15, -0.1) is 0 Å². The number of carbonyl (C=O) groups is 1. The number of aliphatic hydroxyl groups excluding tert-OH is 1. The summed E-state index contributed by atoms with van der Waals surface area (Å²) in [5.41, 5.74) is 1.05. The number of hydrogen-bond donors (Lipinski definition) is 2. The molecule has 22 heavy (non-hydrogen) atoms. The van der Waals surface area contributed by atoms with Crippen LogP contribution in [0, 0.1) is 0 Å². The van der Waals surface area contributed by atoms with Crippen LogP contribution in [0.25, 0.3) is 0 Å². The van der Waals surface area contributed by atoms with Crippen LogP contribution in [0.2, 0.25) is 0 Å². The summed E-state index contributed by atoms with van der Waals surface area (Å²) < 4.78 is 21.4. The second-order valence-corrected chi connectivity index (χ2v) is 4.99. The number of alkyl carbamates (subject to hydrolysis) is 1. The average molecular weight is 307 g/mol. The van der Waals surface area contributed by atoms with E-state index < -0.39 is 30.7 Å². The molecule has 1 fully saturated rings. The van der Waals surface area contributed by atoms with Gasteiger partial charge < -0.3 is 24.1 Å². The predicted molar refractivity (Wildman–Crippen MR) is 74.5 cm³/mol. The Hall–Kier alpha value is -2.09. The molecule has 1 amide bonds. The standard InChI is InChI=1S/C15H17NO6/c1-19-15(18)16-10-7-20-11-8-21-14(22-13(11)12(10)17)9-5-3-2-4-6-9/h2-7,11-14,17H,8H2,1H3,(H,16,18)/t11-,12-,13-,14-/m1/s1. The second-order valence-electron chi connectivity index (χ2n) is 4.99. The average Bonchev–Trinajstić information content (AvgIpc) is 2.58. The maximum absolute atomic E-state index is 11.3. The van der Waals surface area contributed by atoms with E-state index in [4.69, 9.17) is 14.2 Å². The molecule has 7 heteroatoms. The number of methoxy groups -OCH3 is 1. The van der Waals surface area contributed by atoms with Crippen molar-refractivity contribution in [2.45, 2.75) is 24.6 Å². The monoisotopic (exact) mass is 307 g/mol. The van der Waals surface area contributed by atoms with Crippen LogP contribution in [-0.4, -0.2) is 43.2 Å². The third-order valence-electron chi connectivity index (χ3n) is 3.56. The molecular weight excluding hydrogens is 290 g/mol. The van der Waals surface area contributed by atoms with Crippen molar-refractivity contribution < 1.29 is 28.8 Å². The molecule has 1 saturated heterocycles. The van der Waals surface area contributed by atoms with E-state index in [2.05, 4.69) is 10.1 Å². The van der Waals surface area contributed by atoms with Crippen LogP contribution < -0.4 is 5.32 Å². The zero-order valence-corrected chi connectivity index (χ0v) is 12.0. The molecule has 2 aliphatic rings. The molecular formula is C15H17NO6. The number of amides is 1. The van der Waals surface area contributed by atoms with Gasteiger partial charge in [0.2, 0.25) is 0 Å². The Morgan fingerprint density at radius 1 is 1.36 bits per heavy atom. The fraction of sp³-hybridized carbons (Fsp3) is 0.400. The maximum Gasteiger partial charge on any atom is 0.411 e. The van der Waals surface area contributed by atoms with Gasteiger partial charge in [-0.3, -0.25) is 5.32 Å². The second kappa shape index (κ2) is 6.35. The first kappa shape index (κ1) is 14.8. The van der Waals surface area contributed by atoms with Gasteiger partial charge in [0.1, 0.15) is 18.5 Å². The van der Waals surface area contributed by atoms with Gasteiger partial charge in [-0.25, -0.2) is 4.79 Å². The van der Waals surface area contributed by atoms with Crippen LogP contribution in [-0.2, 0) is 18.9 Å². The van der Waals surface area contributed by atoms with Gasteiger partial charge in [0.05, 0.1) is 19.4 Å². The van der Waals surface area contributed by atoms with E-state index in [-0.39, 0.29) is 12.3 Å². The molecule has 2 N–H and O–H groups in total. The third-order valence-corrected chi connectivity index (χ3v) is 3.56. The molecule has 3 rings (SSSR count). The summed E-state index contributed by atoms with van der Waals surface area (Å²) in [5.74, 6) is 0. The fourth-order valence-electron chi connectivity index (χ4n) is 2.41. The Morgan fingerprint density at radius 3 is 2.86 bits per heavy atom. The van der Waals surface area contributed by atoms with E-state index in [1.54, 1.807) is 0 Å². The van der Waals surface area contributed by atoms with E-state index in [9.17, 15) is 9.90 Å². The molecule has 0 bridgehead atoms. The quantitative estimate of drug-likeness (QED) is 0.849. The summed E-state index contributed by atoms with van der Waals surface area (Å²) in [6, 6.07) is 9.42. The lowest BCUT2D eigenvalue weighted by Gasteiger charge is -2.41. The van der Waals surface area contributed by atoms with Crippen molar-refractivity contribution in [3.05, 3.63) is 47.9 Å². The molecule has 0 spiro atoms. The van der Waals surface area contributed by atoms with Crippen molar-refractivity contribution in [1.82, 2.24) is 5.32 Å². The normalized spacial score (nSPS) is 30.5. The van der Waals surface area contributed by atoms with Crippen molar-refractivity contribution in [3.63, 3.8) is 0 Å². The van der Waals surface area contributed by atoms with Crippen molar-refractivity contribution in [3.8, 4) is 0 Å². The highest BCUT2D eigenvalue weighted by atomic mass is 16.7. The predicted octanol–water partition coefficient (Wildman–Crippen LogP) is 1.06. The van der Waals surface area contributed by atoms with Crippen LogP contribution in [0.3, 0.4) is 0 Å². The number of rotatable bonds is 2. The van der Waals surface area contributed by atoms with E-state index in [0.29, 0.717) is 0 Å². The Morgan fingerprint density at radius 2 is 2.14 bits per heavy atom. The lowest BCUT2D eigenvalue weighted by molar-refractivity contribution is -0.278. The summed E-state index contributed by atoms with van der Waals surface area (Å²) in [6.45, 7) is 0.281. The van der Waals surface area contributed by atoms with Crippen molar-refractivity contribution in [2.24, 2.45) is 0 Å². The van der Waals surface area contributed by atoms with Gasteiger partial charge in [0.15, 0.2) is 12.4 Å². The summed E-state index contributed by atoms with van der Waals surface area (Å²) in [7, 11) is 1.24. The zero-order valence-electron chi connectivity index (χ0n) is 12.0. The van der Waals surface area contributed by atoms with Crippen molar-refractivity contribution in [1.29, 1.82) is 0 Å². The molecule has 0 aromatic heterocycles. The Bertz CT molecular complexity index is 560. The lowest BCUT2D eigenvalue weighted by Crippen LogP contribution is -2.53. The van der Waals surface area contributed by atoms with Crippen LogP contribution >= 0.6 is 0 Å². The summed E-state index contributed by atoms with van der Waals surface area (Å²) >= 11 is 0. The minimum atomic E-state index is -1.03. The van der Waals surface area contributed by atoms with Crippen LogP contribution in [0.15, 0.2) is 42.3 Å². The SMILES string of the molecule is COC(=O)NC1=CO[C@@H]2CO[C@@H](c3ccccc3)O[C@H]2[C@@H]1O. The number of fused-ring (bicyclic) bond motifs is 1. The lowest BCUT2D eigenvalue weighted by atomic mass is 10.0. The van der Waals surface area contributed by atoms with E-state index in [1.807, 2.05) is 30.3 Å². The zero-order chi connectivity index (χ0) is 15.5. The summed E-state index contributed by atoms with van der Waals surface area (Å²) in [4.78, 5) is 11.3. The highest BCUT2D eigenvalue weighted by Gasteiger charge is 2.43. The largest absolute Gasteiger partial charge is 0.491 e. The number of aliphatic hydroxyl groups is 1. The van der Waals surface area contributed by atoms with Gasteiger partial charge in [-0.2, -0.15) is 0 Å². The van der Waals surface area contributed by atoms with Crippen molar-refractivity contribution >= 4 is 6.09 Å². The first-order valence-electron chi connectivity index (χ1n) is 6.89. The van der Waals surface area contributed by atoms with E-state index in [0.717, 1.165) is 5.56 Å². The highest BCUT2D eigenvalue weighted by Crippen LogP contribution is 2.32. The van der Waals surface area contributed by atoms with Crippen molar-refractivity contribution in [2.75, 3.05) is 13.7 Å². The number of hydrogen-bond acceptors (Lipinski definition) is 6. The molecule has 1 aromatic rings. The molecule has 1 aromatic carbocycles. The van der Waals surface area contributed by atoms with Gasteiger partial charge in [0.25, 0.3) is 0 Å². The molecule has 118 valence electrons. The topological polar surface area (TPSA) is 86.3 Å². The number of benzene rings is 1. The first-order chi connectivity index (χ1) is 10.7. The number of ether oxygens (including phenoxy) is 4. The molecule has 0 saturated carbocycles.